The summed E-state index contributed by atoms with van der Waals surface area (Å²) in [6, 6.07) is 21.6. The third-order valence-corrected chi connectivity index (χ3v) is 7.43. The van der Waals surface area contributed by atoms with E-state index >= 15 is 0 Å². The summed E-state index contributed by atoms with van der Waals surface area (Å²) in [5.41, 5.74) is 3.20. The largest absolute Gasteiger partial charge is 0.491 e. The molecule has 3 aromatic carbocycles. The Hall–Kier alpha value is -3.32. The number of aryl methyl sites for hydroxylation is 2. The van der Waals surface area contributed by atoms with Crippen molar-refractivity contribution in [3.8, 4) is 5.75 Å². The number of amides is 1. The number of ether oxygens (including phenoxy) is 1. The monoisotopic (exact) mass is 494 g/mol. The molecule has 0 bridgehead atoms. The van der Waals surface area contributed by atoms with Crippen LogP contribution in [0, 0.1) is 13.8 Å². The lowest BCUT2D eigenvalue weighted by molar-refractivity contribution is -0.119. The average molecular weight is 495 g/mol. The molecule has 0 aliphatic rings. The van der Waals surface area contributed by atoms with Gasteiger partial charge < -0.3 is 10.1 Å². The minimum Gasteiger partial charge on any atom is -0.491 e. The van der Waals surface area contributed by atoms with Gasteiger partial charge in [0.25, 0.3) is 10.0 Å². The first-order valence-corrected chi connectivity index (χ1v) is 13.1. The van der Waals surface area contributed by atoms with Crippen LogP contribution >= 0.6 is 0 Å². The number of carbonyl (C=O) groups excluding carboxylic acids is 1. The Bertz CT molecular complexity index is 1260. The molecule has 0 radical (unpaired) electrons. The van der Waals surface area contributed by atoms with Gasteiger partial charge in [0.05, 0.1) is 17.1 Å². The van der Waals surface area contributed by atoms with Crippen LogP contribution in [0.5, 0.6) is 5.75 Å². The molecule has 35 heavy (non-hydrogen) atoms. The minimum atomic E-state index is -3.94. The van der Waals surface area contributed by atoms with E-state index in [-0.39, 0.29) is 30.0 Å². The molecule has 0 aromatic heterocycles. The lowest BCUT2D eigenvalue weighted by atomic mass is 9.86. The number of nitrogens with one attached hydrogen (secondary N) is 1. The maximum atomic E-state index is 13.5. The summed E-state index contributed by atoms with van der Waals surface area (Å²) in [6.07, 6.45) is 0. The first kappa shape index (κ1) is 26.3. The highest BCUT2D eigenvalue weighted by molar-refractivity contribution is 7.92. The van der Waals surface area contributed by atoms with E-state index in [0.29, 0.717) is 5.69 Å². The highest BCUT2D eigenvalue weighted by Crippen LogP contribution is 2.31. The number of nitrogens with zero attached hydrogens (tertiary/aromatic N) is 1. The molecule has 0 fully saturated rings. The van der Waals surface area contributed by atoms with Gasteiger partial charge in [-0.1, -0.05) is 74.9 Å². The molecule has 0 atom stereocenters. The predicted molar refractivity (Wildman–Crippen MR) is 141 cm³/mol. The number of para-hydroxylation sites is 2. The number of rotatable bonds is 9. The Morgan fingerprint density at radius 2 is 1.54 bits per heavy atom. The molecule has 0 saturated carbocycles. The van der Waals surface area contributed by atoms with Crippen LogP contribution in [0.4, 0.5) is 5.69 Å². The molecule has 6 nitrogen and oxygen atoms in total. The molecule has 1 amide bonds. The van der Waals surface area contributed by atoms with E-state index in [1.54, 1.807) is 36.4 Å². The topological polar surface area (TPSA) is 75.7 Å². The molecule has 0 spiro atoms. The van der Waals surface area contributed by atoms with Crippen molar-refractivity contribution in [2.75, 3.05) is 24.0 Å². The quantitative estimate of drug-likeness (QED) is 0.425. The molecular weight excluding hydrogens is 460 g/mol. The van der Waals surface area contributed by atoms with E-state index in [9.17, 15) is 13.2 Å². The lowest BCUT2D eigenvalue weighted by Gasteiger charge is -2.26. The van der Waals surface area contributed by atoms with Crippen molar-refractivity contribution < 1.29 is 17.9 Å². The molecule has 1 N–H and O–H groups in total. The minimum absolute atomic E-state index is 0.0712. The van der Waals surface area contributed by atoms with Crippen LogP contribution in [0.1, 0.15) is 37.5 Å². The van der Waals surface area contributed by atoms with Gasteiger partial charge in [-0.15, -0.1) is 0 Å². The van der Waals surface area contributed by atoms with E-state index in [1.807, 2.05) is 50.2 Å². The summed E-state index contributed by atoms with van der Waals surface area (Å²) >= 11 is 0. The van der Waals surface area contributed by atoms with Crippen molar-refractivity contribution in [1.82, 2.24) is 5.32 Å². The first-order valence-electron chi connectivity index (χ1n) is 11.6. The van der Waals surface area contributed by atoms with E-state index < -0.39 is 15.9 Å². The van der Waals surface area contributed by atoms with Crippen LogP contribution in [0.25, 0.3) is 0 Å². The third kappa shape index (κ3) is 6.63. The van der Waals surface area contributed by atoms with Crippen LogP contribution in [0.2, 0.25) is 0 Å². The molecule has 7 heteroatoms. The molecule has 0 aliphatic heterocycles. The van der Waals surface area contributed by atoms with Crippen molar-refractivity contribution in [2.24, 2.45) is 0 Å². The number of carbonyl (C=O) groups is 1. The molecule has 0 unspecified atom stereocenters. The highest BCUT2D eigenvalue weighted by atomic mass is 32.2. The Labute approximate surface area is 209 Å². The Morgan fingerprint density at radius 3 is 2.20 bits per heavy atom. The molecule has 0 heterocycles. The van der Waals surface area contributed by atoms with Gasteiger partial charge in [0.2, 0.25) is 5.91 Å². The zero-order valence-corrected chi connectivity index (χ0v) is 21.9. The average Bonchev–Trinajstić information content (AvgIpc) is 2.81. The van der Waals surface area contributed by atoms with Crippen molar-refractivity contribution >= 4 is 21.6 Å². The van der Waals surface area contributed by atoms with Crippen LogP contribution in [-0.4, -0.2) is 34.0 Å². The summed E-state index contributed by atoms with van der Waals surface area (Å²) < 4.78 is 34.1. The molecule has 186 valence electrons. The van der Waals surface area contributed by atoms with Gasteiger partial charge >= 0.3 is 0 Å². The van der Waals surface area contributed by atoms with E-state index in [0.717, 1.165) is 26.7 Å². The summed E-state index contributed by atoms with van der Waals surface area (Å²) in [5, 5.41) is 2.79. The molecule has 0 saturated heterocycles. The van der Waals surface area contributed by atoms with Crippen LogP contribution in [-0.2, 0) is 20.2 Å². The Balaban J connectivity index is 1.71. The number of benzene rings is 3. The fraction of sp³-hybridized carbons (Fsp3) is 0.321. The third-order valence-electron chi connectivity index (χ3n) is 5.66. The van der Waals surface area contributed by atoms with Gasteiger partial charge in [-0.3, -0.25) is 9.10 Å². The second-order valence-corrected chi connectivity index (χ2v) is 11.4. The standard InChI is InChI=1S/C28H34N2O4S/c1-21-14-16-23(17-15-21)35(32,33)30(25-12-8-6-10-22(25)2)20-27(31)29-18-19-34-26-13-9-7-11-24(26)28(3,4)5/h6-17H,18-20H2,1-5H3,(H,29,31). The normalized spacial score (nSPS) is 11.7. The van der Waals surface area contributed by atoms with Crippen LogP contribution in [0.3, 0.4) is 0 Å². The molecule has 3 rings (SSSR count). The lowest BCUT2D eigenvalue weighted by Crippen LogP contribution is -2.42. The van der Waals surface area contributed by atoms with Gasteiger partial charge in [0.15, 0.2) is 0 Å². The van der Waals surface area contributed by atoms with Gasteiger partial charge in [-0.2, -0.15) is 0 Å². The second-order valence-electron chi connectivity index (χ2n) is 9.56. The van der Waals surface area contributed by atoms with Crippen LogP contribution < -0.4 is 14.4 Å². The van der Waals surface area contributed by atoms with Crippen molar-refractivity contribution in [2.45, 2.75) is 44.9 Å². The molecule has 0 aliphatic carbocycles. The Morgan fingerprint density at radius 1 is 0.914 bits per heavy atom. The van der Waals surface area contributed by atoms with Gasteiger partial charge in [-0.05, 0) is 54.7 Å². The summed E-state index contributed by atoms with van der Waals surface area (Å²) in [5.74, 6) is 0.370. The summed E-state index contributed by atoms with van der Waals surface area (Å²) in [6.45, 7) is 10.3. The van der Waals surface area contributed by atoms with E-state index in [4.69, 9.17) is 4.74 Å². The highest BCUT2D eigenvalue weighted by Gasteiger charge is 2.28. The van der Waals surface area contributed by atoms with Crippen LogP contribution in [0.15, 0.2) is 77.7 Å². The summed E-state index contributed by atoms with van der Waals surface area (Å²) in [4.78, 5) is 13.0. The van der Waals surface area contributed by atoms with E-state index in [2.05, 4.69) is 26.1 Å². The maximum absolute atomic E-state index is 13.5. The van der Waals surface area contributed by atoms with Gasteiger partial charge in [0, 0.05) is 0 Å². The first-order chi connectivity index (χ1) is 16.5. The van der Waals surface area contributed by atoms with Crippen molar-refractivity contribution in [3.05, 3.63) is 89.5 Å². The predicted octanol–water partition coefficient (Wildman–Crippen LogP) is 4.99. The number of hydrogen-bond acceptors (Lipinski definition) is 4. The fourth-order valence-electron chi connectivity index (χ4n) is 3.73. The maximum Gasteiger partial charge on any atom is 0.264 e. The fourth-order valence-corrected chi connectivity index (χ4v) is 5.22. The smallest absolute Gasteiger partial charge is 0.264 e. The zero-order chi connectivity index (χ0) is 25.6. The number of sulfonamides is 1. The SMILES string of the molecule is Cc1ccc(S(=O)(=O)N(CC(=O)NCCOc2ccccc2C(C)(C)C)c2ccccc2C)cc1. The Kier molecular flexibility index (Phi) is 8.22. The number of anilines is 1. The van der Waals surface area contributed by atoms with Crippen molar-refractivity contribution in [3.63, 3.8) is 0 Å². The van der Waals surface area contributed by atoms with E-state index in [1.165, 1.54) is 0 Å². The van der Waals surface area contributed by atoms with Gasteiger partial charge in [-0.25, -0.2) is 8.42 Å². The second kappa shape index (κ2) is 11.0. The zero-order valence-electron chi connectivity index (χ0n) is 21.0. The van der Waals surface area contributed by atoms with Gasteiger partial charge in [0.1, 0.15) is 18.9 Å². The molecule has 3 aromatic rings. The molecular formula is C28H34N2O4S. The summed E-state index contributed by atoms with van der Waals surface area (Å²) in [7, 11) is -3.94. The number of hydrogen-bond donors (Lipinski definition) is 1. The van der Waals surface area contributed by atoms with Crippen molar-refractivity contribution in [1.29, 1.82) is 0 Å².